The van der Waals surface area contributed by atoms with Crippen LogP contribution < -0.4 is 9.62 Å². The van der Waals surface area contributed by atoms with Gasteiger partial charge in [-0.3, -0.25) is 4.79 Å². The third kappa shape index (κ3) is 5.62. The maximum atomic E-state index is 13.1. The number of nitrogens with zero attached hydrogens (tertiary/aromatic N) is 2. The molecule has 0 saturated carbocycles. The summed E-state index contributed by atoms with van der Waals surface area (Å²) in [7, 11) is -3.71. The summed E-state index contributed by atoms with van der Waals surface area (Å²) >= 11 is 0. The molecule has 2 aromatic rings. The Bertz CT molecular complexity index is 984. The van der Waals surface area contributed by atoms with Gasteiger partial charge >= 0.3 is 0 Å². The van der Waals surface area contributed by atoms with Gasteiger partial charge in [0.25, 0.3) is 5.91 Å². The van der Waals surface area contributed by atoms with E-state index < -0.39 is 15.8 Å². The molecule has 0 unspecified atom stereocenters. The number of hydrogen-bond donors (Lipinski definition) is 1. The second-order valence-electron chi connectivity index (χ2n) is 8.07. The Morgan fingerprint density at radius 3 is 2.19 bits per heavy atom. The number of halogens is 1. The first kappa shape index (κ1) is 23.2. The molecule has 8 heteroatoms. The molecule has 0 atom stereocenters. The van der Waals surface area contributed by atoms with Gasteiger partial charge in [-0.25, -0.2) is 17.5 Å². The van der Waals surface area contributed by atoms with Crippen LogP contribution in [-0.2, 0) is 10.0 Å². The first-order valence-corrected chi connectivity index (χ1v) is 12.1. The summed E-state index contributed by atoms with van der Waals surface area (Å²) in [6.45, 7) is 8.22. The van der Waals surface area contributed by atoms with Gasteiger partial charge in [0.1, 0.15) is 5.82 Å². The summed E-state index contributed by atoms with van der Waals surface area (Å²) in [5.41, 5.74) is 1.72. The smallest absolute Gasteiger partial charge is 0.253 e. The molecule has 168 valence electrons. The molecule has 1 heterocycles. The minimum atomic E-state index is -3.71. The van der Waals surface area contributed by atoms with Crippen LogP contribution in [0, 0.1) is 5.82 Å². The summed E-state index contributed by atoms with van der Waals surface area (Å²) in [4.78, 5) is 16.9. The normalized spacial score (nSPS) is 15.3. The fourth-order valence-electron chi connectivity index (χ4n) is 3.93. The van der Waals surface area contributed by atoms with Crippen LogP contribution >= 0.6 is 0 Å². The number of anilines is 1. The number of sulfonamides is 1. The first-order chi connectivity index (χ1) is 14.7. The molecule has 31 heavy (non-hydrogen) atoms. The SMILES string of the molecule is CCN(c1ccc(C(=O)N2CCC(NS(=O)(=O)c3ccc(F)cc3)CC2)cc1)C(C)C. The van der Waals surface area contributed by atoms with E-state index in [4.69, 9.17) is 0 Å². The average Bonchev–Trinajstić information content (AvgIpc) is 2.74. The number of rotatable bonds is 7. The van der Waals surface area contributed by atoms with Crippen molar-refractivity contribution in [3.8, 4) is 0 Å². The van der Waals surface area contributed by atoms with Crippen LogP contribution in [0.15, 0.2) is 53.4 Å². The van der Waals surface area contributed by atoms with Gasteiger partial charge in [0.15, 0.2) is 0 Å². The number of amides is 1. The summed E-state index contributed by atoms with van der Waals surface area (Å²) in [5.74, 6) is -0.524. The third-order valence-electron chi connectivity index (χ3n) is 5.64. The Kier molecular flexibility index (Phi) is 7.33. The van der Waals surface area contributed by atoms with Gasteiger partial charge in [-0.2, -0.15) is 0 Å². The number of carbonyl (C=O) groups is 1. The molecule has 1 aliphatic heterocycles. The Hall–Kier alpha value is -2.45. The summed E-state index contributed by atoms with van der Waals surface area (Å²) in [5, 5.41) is 0. The topological polar surface area (TPSA) is 69.7 Å². The second-order valence-corrected chi connectivity index (χ2v) is 9.78. The minimum Gasteiger partial charge on any atom is -0.369 e. The molecule has 0 spiro atoms. The van der Waals surface area contributed by atoms with Gasteiger partial charge in [-0.05, 0) is 82.1 Å². The van der Waals surface area contributed by atoms with Crippen LogP contribution in [0.3, 0.4) is 0 Å². The Labute approximate surface area is 184 Å². The van der Waals surface area contributed by atoms with Crippen molar-refractivity contribution in [1.29, 1.82) is 0 Å². The van der Waals surface area contributed by atoms with Gasteiger partial charge in [0.05, 0.1) is 4.90 Å². The predicted molar refractivity (Wildman–Crippen MR) is 120 cm³/mol. The fourth-order valence-corrected chi connectivity index (χ4v) is 5.23. The van der Waals surface area contributed by atoms with Crippen LogP contribution in [-0.4, -0.2) is 50.9 Å². The van der Waals surface area contributed by atoms with E-state index >= 15 is 0 Å². The van der Waals surface area contributed by atoms with Gasteiger partial charge in [0.2, 0.25) is 10.0 Å². The highest BCUT2D eigenvalue weighted by atomic mass is 32.2. The van der Waals surface area contributed by atoms with Crippen molar-refractivity contribution < 1.29 is 17.6 Å². The average molecular weight is 448 g/mol. The molecular weight excluding hydrogens is 417 g/mol. The lowest BCUT2D eigenvalue weighted by Crippen LogP contribution is -2.46. The zero-order chi connectivity index (χ0) is 22.6. The van der Waals surface area contributed by atoms with Crippen LogP contribution in [0.1, 0.15) is 44.0 Å². The van der Waals surface area contributed by atoms with Crippen LogP contribution in [0.5, 0.6) is 0 Å². The molecular formula is C23H30FN3O3S. The number of benzene rings is 2. The van der Waals surface area contributed by atoms with E-state index in [0.29, 0.717) is 37.5 Å². The van der Waals surface area contributed by atoms with Gasteiger partial charge in [-0.1, -0.05) is 0 Å². The van der Waals surface area contributed by atoms with E-state index in [1.54, 1.807) is 4.90 Å². The van der Waals surface area contributed by atoms with E-state index in [9.17, 15) is 17.6 Å². The van der Waals surface area contributed by atoms with Crippen molar-refractivity contribution in [2.24, 2.45) is 0 Å². The van der Waals surface area contributed by atoms with Crippen molar-refractivity contribution in [1.82, 2.24) is 9.62 Å². The van der Waals surface area contributed by atoms with Crippen molar-refractivity contribution in [2.75, 3.05) is 24.5 Å². The molecule has 0 aliphatic carbocycles. The predicted octanol–water partition coefficient (Wildman–Crippen LogP) is 3.64. The largest absolute Gasteiger partial charge is 0.369 e. The Morgan fingerprint density at radius 1 is 1.10 bits per heavy atom. The zero-order valence-electron chi connectivity index (χ0n) is 18.2. The van der Waals surface area contributed by atoms with Crippen LogP contribution in [0.4, 0.5) is 10.1 Å². The van der Waals surface area contributed by atoms with Crippen molar-refractivity contribution in [2.45, 2.75) is 50.6 Å². The minimum absolute atomic E-state index is 0.0371. The Morgan fingerprint density at radius 2 is 1.68 bits per heavy atom. The molecule has 1 aliphatic rings. The first-order valence-electron chi connectivity index (χ1n) is 10.6. The molecule has 1 N–H and O–H groups in total. The number of hydrogen-bond acceptors (Lipinski definition) is 4. The lowest BCUT2D eigenvalue weighted by Gasteiger charge is -2.32. The fraction of sp³-hybridized carbons (Fsp3) is 0.435. The maximum absolute atomic E-state index is 13.1. The molecule has 6 nitrogen and oxygen atoms in total. The molecule has 0 aromatic heterocycles. The van der Waals surface area contributed by atoms with Gasteiger partial charge in [0, 0.05) is 43.0 Å². The molecule has 0 bridgehead atoms. The van der Waals surface area contributed by atoms with E-state index in [1.165, 1.54) is 12.1 Å². The summed E-state index contributed by atoms with van der Waals surface area (Å²) in [6.07, 6.45) is 1.06. The van der Waals surface area contributed by atoms with Crippen molar-refractivity contribution >= 4 is 21.6 Å². The zero-order valence-corrected chi connectivity index (χ0v) is 19.0. The maximum Gasteiger partial charge on any atom is 0.253 e. The molecule has 2 aromatic carbocycles. The number of likely N-dealkylation sites (tertiary alicyclic amines) is 1. The highest BCUT2D eigenvalue weighted by Crippen LogP contribution is 2.21. The van der Waals surface area contributed by atoms with Crippen LogP contribution in [0.2, 0.25) is 0 Å². The van der Waals surface area contributed by atoms with Gasteiger partial charge < -0.3 is 9.80 Å². The lowest BCUT2D eigenvalue weighted by molar-refractivity contribution is 0.0711. The van der Waals surface area contributed by atoms with E-state index in [2.05, 4.69) is 30.4 Å². The standard InChI is InChI=1S/C23H30FN3O3S/c1-4-27(17(2)3)21-9-5-18(6-10-21)23(28)26-15-13-20(14-16-26)25-31(29,30)22-11-7-19(24)8-12-22/h5-12,17,20,25H,4,13-16H2,1-3H3. The summed E-state index contributed by atoms with van der Waals surface area (Å²) in [6, 6.07) is 12.5. The molecule has 0 radical (unpaired) electrons. The molecule has 1 fully saturated rings. The number of nitrogens with one attached hydrogen (secondary N) is 1. The lowest BCUT2D eigenvalue weighted by atomic mass is 10.0. The van der Waals surface area contributed by atoms with Crippen molar-refractivity contribution in [3.05, 3.63) is 59.9 Å². The van der Waals surface area contributed by atoms with E-state index in [1.807, 2.05) is 24.3 Å². The second kappa shape index (κ2) is 9.78. The quantitative estimate of drug-likeness (QED) is 0.704. The molecule has 1 saturated heterocycles. The summed E-state index contributed by atoms with van der Waals surface area (Å²) < 4.78 is 40.7. The van der Waals surface area contributed by atoms with E-state index in [-0.39, 0.29) is 16.8 Å². The van der Waals surface area contributed by atoms with Crippen LogP contribution in [0.25, 0.3) is 0 Å². The monoisotopic (exact) mass is 447 g/mol. The molecule has 3 rings (SSSR count). The number of carbonyl (C=O) groups excluding carboxylic acids is 1. The van der Waals surface area contributed by atoms with Gasteiger partial charge in [-0.15, -0.1) is 0 Å². The van der Waals surface area contributed by atoms with Crippen molar-refractivity contribution in [3.63, 3.8) is 0 Å². The Balaban J connectivity index is 1.58. The highest BCUT2D eigenvalue weighted by Gasteiger charge is 2.27. The molecule has 1 amide bonds. The van der Waals surface area contributed by atoms with E-state index in [0.717, 1.165) is 24.4 Å². The highest BCUT2D eigenvalue weighted by molar-refractivity contribution is 7.89. The third-order valence-corrected chi connectivity index (χ3v) is 7.17. The number of piperidine rings is 1.